The summed E-state index contributed by atoms with van der Waals surface area (Å²) in [7, 11) is 0. The number of rotatable bonds is 6. The molecule has 1 amide bonds. The van der Waals surface area contributed by atoms with Gasteiger partial charge in [0.15, 0.2) is 0 Å². The summed E-state index contributed by atoms with van der Waals surface area (Å²) < 4.78 is 28.0. The Kier molecular flexibility index (Phi) is 5.79. The summed E-state index contributed by atoms with van der Waals surface area (Å²) in [6.45, 7) is -2.79. The topological polar surface area (TPSA) is 58.6 Å². The molecule has 1 aromatic carbocycles. The van der Waals surface area contributed by atoms with E-state index in [-0.39, 0.29) is 24.8 Å². The highest BCUT2D eigenvalue weighted by Crippen LogP contribution is 2.15. The second-order valence-electron chi connectivity index (χ2n) is 3.30. The molecule has 0 heterocycles. The van der Waals surface area contributed by atoms with Crippen LogP contribution in [0.4, 0.5) is 8.78 Å². The molecule has 0 fully saturated rings. The third-order valence-corrected chi connectivity index (χ3v) is 1.94. The minimum absolute atomic E-state index is 0.0619. The highest BCUT2D eigenvalue weighted by atomic mass is 19.3. The van der Waals surface area contributed by atoms with E-state index in [0.29, 0.717) is 5.56 Å². The van der Waals surface area contributed by atoms with E-state index in [4.69, 9.17) is 5.11 Å². The Labute approximate surface area is 103 Å². The number of carbonyl (C=O) groups excluding carboxylic acids is 1. The fourth-order valence-corrected chi connectivity index (χ4v) is 1.17. The number of hydrogen-bond acceptors (Lipinski definition) is 3. The molecular weight excluding hydrogens is 244 g/mol. The maximum absolute atomic E-state index is 11.9. The number of benzene rings is 1. The van der Waals surface area contributed by atoms with Crippen LogP contribution in [0.15, 0.2) is 30.3 Å². The monoisotopic (exact) mass is 257 g/mol. The fourth-order valence-electron chi connectivity index (χ4n) is 1.17. The standard InChI is InChI=1S/C12H13F2NO3/c13-12(14)18-10-4-1-9(2-5-10)3-6-11(17)15-7-8-16/h1-6,12,16H,7-8H2,(H,15,17)/b6-3-. The lowest BCUT2D eigenvalue weighted by Gasteiger charge is -2.03. The average Bonchev–Trinajstić information content (AvgIpc) is 2.35. The van der Waals surface area contributed by atoms with Gasteiger partial charge in [-0.3, -0.25) is 4.79 Å². The fraction of sp³-hybridized carbons (Fsp3) is 0.250. The maximum Gasteiger partial charge on any atom is 0.387 e. The van der Waals surface area contributed by atoms with Crippen molar-refractivity contribution in [1.29, 1.82) is 0 Å². The van der Waals surface area contributed by atoms with Crippen LogP contribution in [0.25, 0.3) is 6.08 Å². The number of amides is 1. The molecule has 0 spiro atoms. The number of alkyl halides is 2. The molecule has 0 aliphatic heterocycles. The number of aliphatic hydroxyl groups is 1. The molecule has 1 aromatic rings. The first kappa shape index (κ1) is 14.1. The van der Waals surface area contributed by atoms with Crippen LogP contribution in [0.5, 0.6) is 5.75 Å². The van der Waals surface area contributed by atoms with E-state index in [1.807, 2.05) is 0 Å². The highest BCUT2D eigenvalue weighted by molar-refractivity contribution is 5.91. The molecule has 2 N–H and O–H groups in total. The zero-order valence-corrected chi connectivity index (χ0v) is 9.48. The van der Waals surface area contributed by atoms with Gasteiger partial charge in [-0.2, -0.15) is 8.78 Å². The molecule has 0 saturated carbocycles. The second-order valence-corrected chi connectivity index (χ2v) is 3.30. The van der Waals surface area contributed by atoms with Crippen molar-refractivity contribution in [1.82, 2.24) is 5.32 Å². The lowest BCUT2D eigenvalue weighted by Crippen LogP contribution is -2.24. The Balaban J connectivity index is 2.52. The van der Waals surface area contributed by atoms with Gasteiger partial charge in [0.2, 0.25) is 5.91 Å². The average molecular weight is 257 g/mol. The molecule has 6 heteroatoms. The van der Waals surface area contributed by atoms with Gasteiger partial charge >= 0.3 is 6.61 Å². The Morgan fingerprint density at radius 2 is 2.06 bits per heavy atom. The van der Waals surface area contributed by atoms with Crippen molar-refractivity contribution >= 4 is 12.0 Å². The molecule has 0 radical (unpaired) electrons. The van der Waals surface area contributed by atoms with Crippen molar-refractivity contribution in [2.75, 3.05) is 13.2 Å². The highest BCUT2D eigenvalue weighted by Gasteiger charge is 2.02. The lowest BCUT2D eigenvalue weighted by molar-refractivity contribution is -0.116. The van der Waals surface area contributed by atoms with Crippen molar-refractivity contribution in [2.45, 2.75) is 6.61 Å². The normalized spacial score (nSPS) is 10.9. The van der Waals surface area contributed by atoms with Gasteiger partial charge in [0.25, 0.3) is 0 Å². The number of nitrogens with one attached hydrogen (secondary N) is 1. The van der Waals surface area contributed by atoms with E-state index in [1.54, 1.807) is 12.1 Å². The minimum Gasteiger partial charge on any atom is -0.435 e. The van der Waals surface area contributed by atoms with Crippen LogP contribution in [-0.4, -0.2) is 30.8 Å². The van der Waals surface area contributed by atoms with Crippen molar-refractivity contribution in [3.05, 3.63) is 35.9 Å². The Bertz CT molecular complexity index is 404. The Morgan fingerprint density at radius 3 is 2.61 bits per heavy atom. The summed E-state index contributed by atoms with van der Waals surface area (Å²) in [6.07, 6.45) is 2.82. The van der Waals surface area contributed by atoms with Crippen molar-refractivity contribution in [3.63, 3.8) is 0 Å². The molecule has 4 nitrogen and oxygen atoms in total. The lowest BCUT2D eigenvalue weighted by atomic mass is 10.2. The summed E-state index contributed by atoms with van der Waals surface area (Å²) in [5.74, 6) is -0.274. The molecule has 0 bridgehead atoms. The first-order valence-electron chi connectivity index (χ1n) is 5.23. The molecule has 1 rings (SSSR count). The number of aliphatic hydroxyl groups excluding tert-OH is 1. The van der Waals surface area contributed by atoms with E-state index in [1.165, 1.54) is 24.3 Å². The molecule has 98 valence electrons. The van der Waals surface area contributed by atoms with Gasteiger partial charge in [0, 0.05) is 12.6 Å². The van der Waals surface area contributed by atoms with Gasteiger partial charge in [0.05, 0.1) is 6.61 Å². The van der Waals surface area contributed by atoms with Gasteiger partial charge in [-0.1, -0.05) is 12.1 Å². The minimum atomic E-state index is -2.85. The van der Waals surface area contributed by atoms with E-state index < -0.39 is 6.61 Å². The summed E-state index contributed by atoms with van der Waals surface area (Å²) in [5.41, 5.74) is 0.677. The predicted octanol–water partition coefficient (Wildman–Crippen LogP) is 1.41. The van der Waals surface area contributed by atoms with Crippen LogP contribution < -0.4 is 10.1 Å². The largest absolute Gasteiger partial charge is 0.435 e. The van der Waals surface area contributed by atoms with Crippen LogP contribution in [-0.2, 0) is 4.79 Å². The molecule has 18 heavy (non-hydrogen) atoms. The van der Waals surface area contributed by atoms with Crippen LogP contribution in [0.2, 0.25) is 0 Å². The van der Waals surface area contributed by atoms with E-state index in [0.717, 1.165) is 0 Å². The second kappa shape index (κ2) is 7.39. The van der Waals surface area contributed by atoms with Crippen LogP contribution in [0.3, 0.4) is 0 Å². The first-order chi connectivity index (χ1) is 8.61. The number of halogens is 2. The summed E-state index contributed by atoms with van der Waals surface area (Å²) in [6, 6.07) is 5.87. The summed E-state index contributed by atoms with van der Waals surface area (Å²) >= 11 is 0. The summed E-state index contributed by atoms with van der Waals surface area (Å²) in [5, 5.41) is 10.9. The zero-order valence-electron chi connectivity index (χ0n) is 9.48. The maximum atomic E-state index is 11.9. The first-order valence-corrected chi connectivity index (χ1v) is 5.23. The third kappa shape index (κ3) is 5.40. The quantitative estimate of drug-likeness (QED) is 0.757. The van der Waals surface area contributed by atoms with Gasteiger partial charge in [-0.05, 0) is 23.8 Å². The van der Waals surface area contributed by atoms with E-state index in [2.05, 4.69) is 10.1 Å². The molecule has 0 atom stereocenters. The number of ether oxygens (including phenoxy) is 1. The molecule has 0 aliphatic carbocycles. The molecular formula is C12H13F2NO3. The van der Waals surface area contributed by atoms with Gasteiger partial charge in [-0.15, -0.1) is 0 Å². The molecule has 0 unspecified atom stereocenters. The van der Waals surface area contributed by atoms with E-state index >= 15 is 0 Å². The Hall–Kier alpha value is -1.95. The predicted molar refractivity (Wildman–Crippen MR) is 62.2 cm³/mol. The third-order valence-electron chi connectivity index (χ3n) is 1.94. The van der Waals surface area contributed by atoms with Crippen LogP contribution in [0.1, 0.15) is 5.56 Å². The van der Waals surface area contributed by atoms with Gasteiger partial charge in [0.1, 0.15) is 5.75 Å². The van der Waals surface area contributed by atoms with Crippen molar-refractivity contribution in [3.8, 4) is 5.75 Å². The number of carbonyl (C=O) groups is 1. The SMILES string of the molecule is O=C(/C=C\c1ccc(OC(F)F)cc1)NCCO. The summed E-state index contributed by atoms with van der Waals surface area (Å²) in [4.78, 5) is 11.2. The van der Waals surface area contributed by atoms with Crippen molar-refractivity contribution < 1.29 is 23.4 Å². The van der Waals surface area contributed by atoms with Crippen LogP contribution >= 0.6 is 0 Å². The van der Waals surface area contributed by atoms with Crippen molar-refractivity contribution in [2.24, 2.45) is 0 Å². The molecule has 0 aromatic heterocycles. The zero-order chi connectivity index (χ0) is 13.4. The smallest absolute Gasteiger partial charge is 0.387 e. The molecule has 0 aliphatic rings. The van der Waals surface area contributed by atoms with Crippen LogP contribution in [0, 0.1) is 0 Å². The van der Waals surface area contributed by atoms with Gasteiger partial charge < -0.3 is 15.2 Å². The number of hydrogen-bond donors (Lipinski definition) is 2. The Morgan fingerprint density at radius 1 is 1.39 bits per heavy atom. The van der Waals surface area contributed by atoms with E-state index in [9.17, 15) is 13.6 Å². The molecule has 0 saturated heterocycles. The van der Waals surface area contributed by atoms with Gasteiger partial charge in [-0.25, -0.2) is 0 Å².